The van der Waals surface area contributed by atoms with E-state index in [1.165, 1.54) is 6.07 Å². The fraction of sp³-hybridized carbons (Fsp3) is 0.538. The minimum Gasteiger partial charge on any atom is -0.389 e. The first-order valence-electron chi connectivity index (χ1n) is 6.32. The standard InChI is InChI=1S/C13H16F3N3S/c1-7(8-3-4-8)19(2)12-9(11(17)20)5-6-10(18-12)13(14,15)16/h5-8H,3-4H2,1-2H3,(H2,17,20). The Kier molecular flexibility index (Phi) is 3.90. The zero-order chi connectivity index (χ0) is 15.1. The minimum atomic E-state index is -4.48. The summed E-state index contributed by atoms with van der Waals surface area (Å²) >= 11 is 4.90. The number of rotatable bonds is 4. The van der Waals surface area contributed by atoms with Crippen molar-refractivity contribution >= 4 is 23.0 Å². The van der Waals surface area contributed by atoms with Crippen molar-refractivity contribution < 1.29 is 13.2 Å². The third-order valence-corrected chi connectivity index (χ3v) is 3.90. The molecule has 0 aliphatic heterocycles. The van der Waals surface area contributed by atoms with Crippen LogP contribution in [0.25, 0.3) is 0 Å². The van der Waals surface area contributed by atoms with Gasteiger partial charge in [0.25, 0.3) is 0 Å². The van der Waals surface area contributed by atoms with Crippen LogP contribution in [0.1, 0.15) is 31.0 Å². The van der Waals surface area contributed by atoms with Crippen molar-refractivity contribution in [1.82, 2.24) is 4.98 Å². The summed E-state index contributed by atoms with van der Waals surface area (Å²) in [6, 6.07) is 2.32. The third-order valence-electron chi connectivity index (χ3n) is 3.68. The molecule has 1 fully saturated rings. The second kappa shape index (κ2) is 5.20. The van der Waals surface area contributed by atoms with E-state index in [1.807, 2.05) is 6.92 Å². The molecule has 110 valence electrons. The van der Waals surface area contributed by atoms with Gasteiger partial charge in [0, 0.05) is 13.1 Å². The molecular formula is C13H16F3N3S. The number of nitrogens with zero attached hydrogens (tertiary/aromatic N) is 2. The van der Waals surface area contributed by atoms with Crippen molar-refractivity contribution in [3.05, 3.63) is 23.4 Å². The summed E-state index contributed by atoms with van der Waals surface area (Å²) in [6.07, 6.45) is -2.30. The third kappa shape index (κ3) is 3.03. The highest BCUT2D eigenvalue weighted by Gasteiger charge is 2.36. The van der Waals surface area contributed by atoms with E-state index < -0.39 is 11.9 Å². The lowest BCUT2D eigenvalue weighted by molar-refractivity contribution is -0.141. The fourth-order valence-electron chi connectivity index (χ4n) is 2.16. The van der Waals surface area contributed by atoms with E-state index in [2.05, 4.69) is 4.98 Å². The average molecular weight is 303 g/mol. The van der Waals surface area contributed by atoms with Gasteiger partial charge < -0.3 is 10.6 Å². The van der Waals surface area contributed by atoms with Gasteiger partial charge in [0.1, 0.15) is 16.5 Å². The van der Waals surface area contributed by atoms with Gasteiger partial charge >= 0.3 is 6.18 Å². The smallest absolute Gasteiger partial charge is 0.389 e. The molecule has 2 rings (SSSR count). The van der Waals surface area contributed by atoms with Crippen LogP contribution in [0.2, 0.25) is 0 Å². The normalized spacial score (nSPS) is 16.9. The highest BCUT2D eigenvalue weighted by molar-refractivity contribution is 7.80. The summed E-state index contributed by atoms with van der Waals surface area (Å²) in [5.41, 5.74) is 5.04. The molecule has 0 spiro atoms. The summed E-state index contributed by atoms with van der Waals surface area (Å²) in [5.74, 6) is 0.697. The molecule has 1 aromatic heterocycles. The maximum Gasteiger partial charge on any atom is 0.433 e. The van der Waals surface area contributed by atoms with Gasteiger partial charge in [-0.1, -0.05) is 12.2 Å². The maximum atomic E-state index is 12.8. The van der Waals surface area contributed by atoms with Gasteiger partial charge in [-0.05, 0) is 37.8 Å². The Morgan fingerprint density at radius 1 is 1.45 bits per heavy atom. The molecule has 1 aliphatic carbocycles. The molecule has 1 saturated carbocycles. The van der Waals surface area contributed by atoms with Crippen LogP contribution >= 0.6 is 12.2 Å². The van der Waals surface area contributed by atoms with Crippen molar-refractivity contribution in [1.29, 1.82) is 0 Å². The van der Waals surface area contributed by atoms with Gasteiger partial charge in [0.2, 0.25) is 0 Å². The minimum absolute atomic E-state index is 0.0519. The average Bonchev–Trinajstić information content (AvgIpc) is 3.19. The summed E-state index contributed by atoms with van der Waals surface area (Å²) < 4.78 is 38.4. The molecule has 0 amide bonds. The van der Waals surface area contributed by atoms with Crippen LogP contribution in [0, 0.1) is 5.92 Å². The zero-order valence-corrected chi connectivity index (χ0v) is 12.1. The second-order valence-corrected chi connectivity index (χ2v) is 5.56. The lowest BCUT2D eigenvalue weighted by atomic mass is 10.1. The van der Waals surface area contributed by atoms with Crippen LogP contribution in [0.4, 0.5) is 19.0 Å². The van der Waals surface area contributed by atoms with Crippen LogP contribution in [-0.4, -0.2) is 23.1 Å². The van der Waals surface area contributed by atoms with Gasteiger partial charge in [0.05, 0.1) is 5.56 Å². The predicted molar refractivity (Wildman–Crippen MR) is 75.7 cm³/mol. The molecule has 1 atom stereocenters. The van der Waals surface area contributed by atoms with E-state index in [1.54, 1.807) is 11.9 Å². The molecule has 1 heterocycles. The molecule has 7 heteroatoms. The van der Waals surface area contributed by atoms with Crippen molar-refractivity contribution in [3.8, 4) is 0 Å². The van der Waals surface area contributed by atoms with Crippen LogP contribution in [0.5, 0.6) is 0 Å². The van der Waals surface area contributed by atoms with Crippen molar-refractivity contribution in [2.45, 2.75) is 32.0 Å². The van der Waals surface area contributed by atoms with Crippen molar-refractivity contribution in [2.75, 3.05) is 11.9 Å². The molecule has 0 radical (unpaired) electrons. The first kappa shape index (κ1) is 15.0. The van der Waals surface area contributed by atoms with Crippen molar-refractivity contribution in [3.63, 3.8) is 0 Å². The van der Waals surface area contributed by atoms with Gasteiger partial charge in [-0.3, -0.25) is 0 Å². The number of halogens is 3. The largest absolute Gasteiger partial charge is 0.433 e. The molecule has 1 unspecified atom stereocenters. The molecule has 1 aromatic rings. The number of hydrogen-bond acceptors (Lipinski definition) is 3. The van der Waals surface area contributed by atoms with Gasteiger partial charge in [0.15, 0.2) is 0 Å². The molecule has 0 saturated heterocycles. The quantitative estimate of drug-likeness (QED) is 0.868. The van der Waals surface area contributed by atoms with E-state index >= 15 is 0 Å². The van der Waals surface area contributed by atoms with Crippen LogP contribution in [0.3, 0.4) is 0 Å². The Morgan fingerprint density at radius 2 is 2.05 bits per heavy atom. The summed E-state index contributed by atoms with van der Waals surface area (Å²) in [6.45, 7) is 1.98. The fourth-order valence-corrected chi connectivity index (χ4v) is 2.31. The predicted octanol–water partition coefficient (Wildman–Crippen LogP) is 2.97. The number of aromatic nitrogens is 1. The number of nitrogens with two attached hydrogens (primary N) is 1. The monoisotopic (exact) mass is 303 g/mol. The lowest BCUT2D eigenvalue weighted by Crippen LogP contribution is -2.33. The Bertz CT molecular complexity index is 526. The molecule has 20 heavy (non-hydrogen) atoms. The first-order chi connectivity index (χ1) is 9.21. The van der Waals surface area contributed by atoms with E-state index in [0.717, 1.165) is 18.9 Å². The van der Waals surface area contributed by atoms with E-state index in [-0.39, 0.29) is 16.8 Å². The molecule has 2 N–H and O–H groups in total. The van der Waals surface area contributed by atoms with Gasteiger partial charge in [-0.2, -0.15) is 13.2 Å². The Morgan fingerprint density at radius 3 is 2.50 bits per heavy atom. The summed E-state index contributed by atoms with van der Waals surface area (Å²) in [5, 5.41) is 0. The van der Waals surface area contributed by atoms with Crippen LogP contribution in [0.15, 0.2) is 12.1 Å². The van der Waals surface area contributed by atoms with Gasteiger partial charge in [-0.25, -0.2) is 4.98 Å². The number of thiocarbonyl (C=S) groups is 1. The molecule has 3 nitrogen and oxygen atoms in total. The highest BCUT2D eigenvalue weighted by Crippen LogP contribution is 2.37. The molecule has 0 aromatic carbocycles. The number of hydrogen-bond donors (Lipinski definition) is 1. The first-order valence-corrected chi connectivity index (χ1v) is 6.73. The SMILES string of the molecule is CC(C1CC1)N(C)c1nc(C(F)(F)F)ccc1C(N)=S. The van der Waals surface area contributed by atoms with Crippen LogP contribution in [-0.2, 0) is 6.18 Å². The topological polar surface area (TPSA) is 42.2 Å². The highest BCUT2D eigenvalue weighted by atomic mass is 32.1. The number of alkyl halides is 3. The Hall–Kier alpha value is -1.37. The van der Waals surface area contributed by atoms with Crippen molar-refractivity contribution in [2.24, 2.45) is 11.7 Å². The molecular weight excluding hydrogens is 287 g/mol. The lowest BCUT2D eigenvalue weighted by Gasteiger charge is -2.28. The Balaban J connectivity index is 2.43. The van der Waals surface area contributed by atoms with E-state index in [9.17, 15) is 13.2 Å². The summed E-state index contributed by atoms with van der Waals surface area (Å²) in [4.78, 5) is 5.52. The second-order valence-electron chi connectivity index (χ2n) is 5.12. The maximum absolute atomic E-state index is 12.8. The number of anilines is 1. The molecule has 1 aliphatic rings. The van der Waals surface area contributed by atoms with E-state index in [0.29, 0.717) is 11.5 Å². The summed E-state index contributed by atoms with van der Waals surface area (Å²) in [7, 11) is 1.73. The van der Waals surface area contributed by atoms with Crippen LogP contribution < -0.4 is 10.6 Å². The van der Waals surface area contributed by atoms with E-state index in [4.69, 9.17) is 18.0 Å². The Labute approximate surface area is 121 Å². The number of pyridine rings is 1. The zero-order valence-electron chi connectivity index (χ0n) is 11.2. The van der Waals surface area contributed by atoms with Gasteiger partial charge in [-0.15, -0.1) is 0 Å². The molecule has 0 bridgehead atoms.